The first-order valence-corrected chi connectivity index (χ1v) is 11.0. The molecule has 144 valence electrons. The van der Waals surface area contributed by atoms with Gasteiger partial charge < -0.3 is 0 Å². The number of rotatable bonds is 4. The van der Waals surface area contributed by atoms with Crippen molar-refractivity contribution in [2.45, 2.75) is 31.1 Å². The average Bonchev–Trinajstić information content (AvgIpc) is 2.94. The standard InChI is InChI=1S/C28H26S/c1-4-8-20(2)22-10-6-11-23(17-22)24-12-7-13-25(18-24)26-15-16-28-27(19-26)14-5-9-21(3)29-28/h4-13,15-20H,3,14H2,1-2H3/b8-4-. The topological polar surface area (TPSA) is 0 Å². The summed E-state index contributed by atoms with van der Waals surface area (Å²) in [6.45, 7) is 8.42. The molecule has 1 heteroatoms. The molecule has 3 aromatic carbocycles. The van der Waals surface area contributed by atoms with E-state index < -0.39 is 0 Å². The molecule has 0 bridgehead atoms. The van der Waals surface area contributed by atoms with Crippen LogP contribution >= 0.6 is 11.8 Å². The third kappa shape index (κ3) is 4.46. The Bertz CT molecular complexity index is 1100. The number of fused-ring (bicyclic) bond motifs is 1. The molecule has 0 saturated heterocycles. The van der Waals surface area contributed by atoms with Gasteiger partial charge in [0.05, 0.1) is 0 Å². The molecule has 3 aromatic rings. The summed E-state index contributed by atoms with van der Waals surface area (Å²) in [6, 6.07) is 24.6. The highest BCUT2D eigenvalue weighted by Gasteiger charge is 2.10. The molecule has 1 aliphatic heterocycles. The van der Waals surface area contributed by atoms with Crippen molar-refractivity contribution in [2.24, 2.45) is 0 Å². The predicted octanol–water partition coefficient (Wildman–Crippen LogP) is 8.42. The van der Waals surface area contributed by atoms with E-state index in [0.29, 0.717) is 5.92 Å². The van der Waals surface area contributed by atoms with Crippen LogP contribution in [0.5, 0.6) is 0 Å². The maximum atomic E-state index is 4.10. The van der Waals surface area contributed by atoms with Gasteiger partial charge >= 0.3 is 0 Å². The summed E-state index contributed by atoms with van der Waals surface area (Å²) in [5.74, 6) is 0.424. The lowest BCUT2D eigenvalue weighted by molar-refractivity contribution is 0.966. The third-order valence-electron chi connectivity index (χ3n) is 5.37. The second-order valence-corrected chi connectivity index (χ2v) is 8.69. The Balaban J connectivity index is 1.68. The minimum absolute atomic E-state index is 0.424. The summed E-state index contributed by atoms with van der Waals surface area (Å²) in [5, 5.41) is 0. The highest BCUT2D eigenvalue weighted by atomic mass is 32.2. The van der Waals surface area contributed by atoms with E-state index in [1.807, 2.05) is 0 Å². The van der Waals surface area contributed by atoms with Gasteiger partial charge in [-0.25, -0.2) is 0 Å². The van der Waals surface area contributed by atoms with Crippen molar-refractivity contribution < 1.29 is 0 Å². The van der Waals surface area contributed by atoms with Crippen molar-refractivity contribution in [3.8, 4) is 22.3 Å². The van der Waals surface area contributed by atoms with Crippen LogP contribution < -0.4 is 0 Å². The molecule has 0 aliphatic carbocycles. The number of allylic oxidation sites excluding steroid dienone is 4. The van der Waals surface area contributed by atoms with Gasteiger partial charge in [-0.15, -0.1) is 0 Å². The van der Waals surface area contributed by atoms with Crippen LogP contribution in [0.4, 0.5) is 0 Å². The second kappa shape index (κ2) is 8.71. The lowest BCUT2D eigenvalue weighted by Crippen LogP contribution is -1.90. The van der Waals surface area contributed by atoms with Crippen molar-refractivity contribution in [1.29, 1.82) is 0 Å². The molecule has 1 heterocycles. The SMILES string of the molecule is C=C1C=CCc2cc(-c3cccc(-c4cccc(C(C)/C=C\C)c4)c3)ccc2S1. The van der Waals surface area contributed by atoms with Crippen LogP contribution in [-0.4, -0.2) is 0 Å². The zero-order valence-electron chi connectivity index (χ0n) is 17.1. The van der Waals surface area contributed by atoms with E-state index in [1.165, 1.54) is 38.3 Å². The molecule has 29 heavy (non-hydrogen) atoms. The zero-order chi connectivity index (χ0) is 20.2. The van der Waals surface area contributed by atoms with Crippen LogP contribution in [0, 0.1) is 0 Å². The Kier molecular flexibility index (Phi) is 5.87. The highest BCUT2D eigenvalue weighted by Crippen LogP contribution is 2.36. The van der Waals surface area contributed by atoms with Crippen molar-refractivity contribution in [3.05, 3.63) is 114 Å². The maximum absolute atomic E-state index is 4.10. The fraction of sp³-hybridized carbons (Fsp3) is 0.143. The van der Waals surface area contributed by atoms with Gasteiger partial charge in [0.15, 0.2) is 0 Å². The van der Waals surface area contributed by atoms with Crippen molar-refractivity contribution in [2.75, 3.05) is 0 Å². The van der Waals surface area contributed by atoms with Gasteiger partial charge in [-0.1, -0.05) is 98.1 Å². The van der Waals surface area contributed by atoms with Crippen molar-refractivity contribution >= 4 is 11.8 Å². The summed E-state index contributed by atoms with van der Waals surface area (Å²) in [5.41, 5.74) is 7.77. The molecule has 0 N–H and O–H groups in total. The fourth-order valence-electron chi connectivity index (χ4n) is 3.79. The summed E-state index contributed by atoms with van der Waals surface area (Å²) >= 11 is 1.76. The van der Waals surface area contributed by atoms with E-state index in [2.05, 4.69) is 111 Å². The molecular formula is C28H26S. The molecule has 1 atom stereocenters. The Morgan fingerprint density at radius 3 is 2.34 bits per heavy atom. The van der Waals surface area contributed by atoms with Crippen molar-refractivity contribution in [3.63, 3.8) is 0 Å². The van der Waals surface area contributed by atoms with Gasteiger partial charge in [0.2, 0.25) is 0 Å². The van der Waals surface area contributed by atoms with Crippen LogP contribution in [0.25, 0.3) is 22.3 Å². The first kappa shape index (κ1) is 19.5. The third-order valence-corrected chi connectivity index (χ3v) is 6.38. The molecule has 0 saturated carbocycles. The summed E-state index contributed by atoms with van der Waals surface area (Å²) in [4.78, 5) is 2.41. The van der Waals surface area contributed by atoms with E-state index >= 15 is 0 Å². The molecule has 0 aromatic heterocycles. The molecule has 0 radical (unpaired) electrons. The van der Waals surface area contributed by atoms with Crippen molar-refractivity contribution in [1.82, 2.24) is 0 Å². The number of hydrogen-bond donors (Lipinski definition) is 0. The van der Waals surface area contributed by atoms with E-state index in [4.69, 9.17) is 0 Å². The molecule has 0 amide bonds. The molecule has 0 fully saturated rings. The average molecular weight is 395 g/mol. The van der Waals surface area contributed by atoms with Crippen LogP contribution in [0.2, 0.25) is 0 Å². The lowest BCUT2D eigenvalue weighted by atomic mass is 9.94. The lowest BCUT2D eigenvalue weighted by Gasteiger charge is -2.12. The number of thioether (sulfide) groups is 1. The molecule has 4 rings (SSSR count). The molecule has 1 aliphatic rings. The summed E-state index contributed by atoms with van der Waals surface area (Å²) in [6.07, 6.45) is 9.65. The zero-order valence-corrected chi connectivity index (χ0v) is 17.9. The summed E-state index contributed by atoms with van der Waals surface area (Å²) in [7, 11) is 0. The molecule has 0 spiro atoms. The minimum atomic E-state index is 0.424. The number of hydrogen-bond acceptors (Lipinski definition) is 1. The van der Waals surface area contributed by atoms with Gasteiger partial charge in [-0.05, 0) is 70.8 Å². The van der Waals surface area contributed by atoms with Gasteiger partial charge in [0.25, 0.3) is 0 Å². The van der Waals surface area contributed by atoms with Crippen LogP contribution in [-0.2, 0) is 6.42 Å². The van der Waals surface area contributed by atoms with E-state index in [-0.39, 0.29) is 0 Å². The van der Waals surface area contributed by atoms with Crippen LogP contribution in [0.1, 0.15) is 30.9 Å². The largest absolute Gasteiger partial charge is 0.0911 e. The quantitative estimate of drug-likeness (QED) is 0.400. The van der Waals surface area contributed by atoms with Gasteiger partial charge in [-0.2, -0.15) is 0 Å². The van der Waals surface area contributed by atoms with Crippen LogP contribution in [0.15, 0.2) is 107 Å². The van der Waals surface area contributed by atoms with Gasteiger partial charge in [-0.3, -0.25) is 0 Å². The molecular weight excluding hydrogens is 368 g/mol. The van der Waals surface area contributed by atoms with E-state index in [9.17, 15) is 0 Å². The van der Waals surface area contributed by atoms with E-state index in [0.717, 1.165) is 11.3 Å². The highest BCUT2D eigenvalue weighted by molar-refractivity contribution is 8.03. The first-order chi connectivity index (χ1) is 14.1. The normalized spacial score (nSPS) is 14.6. The Labute approximate surface area is 178 Å². The minimum Gasteiger partial charge on any atom is -0.0911 e. The van der Waals surface area contributed by atoms with E-state index in [1.54, 1.807) is 11.8 Å². The second-order valence-electron chi connectivity index (χ2n) is 7.52. The Hall–Kier alpha value is -2.77. The fourth-order valence-corrected chi connectivity index (χ4v) is 4.65. The Morgan fingerprint density at radius 1 is 0.897 bits per heavy atom. The molecule has 0 nitrogen and oxygen atoms in total. The smallest absolute Gasteiger partial charge is 0.0157 e. The molecule has 1 unspecified atom stereocenters. The van der Waals surface area contributed by atoms with Gasteiger partial charge in [0, 0.05) is 9.80 Å². The Morgan fingerprint density at radius 2 is 1.59 bits per heavy atom. The predicted molar refractivity (Wildman–Crippen MR) is 128 cm³/mol. The monoisotopic (exact) mass is 394 g/mol. The summed E-state index contributed by atoms with van der Waals surface area (Å²) < 4.78 is 0. The number of benzene rings is 3. The maximum Gasteiger partial charge on any atom is 0.0157 e. The first-order valence-electron chi connectivity index (χ1n) is 10.1. The van der Waals surface area contributed by atoms with Crippen LogP contribution in [0.3, 0.4) is 0 Å². The van der Waals surface area contributed by atoms with Gasteiger partial charge in [0.1, 0.15) is 0 Å².